The number of allylic oxidation sites excluding steroid dienone is 5. The van der Waals surface area contributed by atoms with E-state index in [4.69, 9.17) is 10.1 Å². The van der Waals surface area contributed by atoms with Gasteiger partial charge in [0.05, 0.1) is 12.3 Å². The second-order valence-corrected chi connectivity index (χ2v) is 12.7. The summed E-state index contributed by atoms with van der Waals surface area (Å²) in [6.45, 7) is 5.70. The number of carbonyl (C=O) groups is 2. The van der Waals surface area contributed by atoms with Gasteiger partial charge in [-0.3, -0.25) is 14.9 Å². The lowest BCUT2D eigenvalue weighted by molar-refractivity contribution is -0.513. The molecule has 4 aliphatic carbocycles. The van der Waals surface area contributed by atoms with Crippen LogP contribution in [0.25, 0.3) is 0 Å². The largest absolute Gasteiger partial charge is 0.449 e. The van der Waals surface area contributed by atoms with Crippen LogP contribution < -0.4 is 5.32 Å². The average Bonchev–Trinajstić information content (AvgIpc) is 3.21. The van der Waals surface area contributed by atoms with Crippen molar-refractivity contribution in [2.24, 2.45) is 28.6 Å². The van der Waals surface area contributed by atoms with Gasteiger partial charge < -0.3 is 15.3 Å². The number of pyridine rings is 1. The van der Waals surface area contributed by atoms with Crippen molar-refractivity contribution in [2.45, 2.75) is 64.6 Å². The molecule has 0 radical (unpaired) electrons. The third-order valence-corrected chi connectivity index (χ3v) is 10.6. The molecule has 0 bridgehead atoms. The zero-order valence-electron chi connectivity index (χ0n) is 23.0. The molecule has 2 fully saturated rings. The SMILES string of the molecule is CCC(=O)O[C@]1(C(=O)SCF)CCC2[C@@H]3C=CC4=CC([NH2+]c5ccc(F)nc5)=C(C=N)C[C@]4(C)C3[C@@H](O)C[C@@]21C. The second kappa shape index (κ2) is 10.6. The Morgan fingerprint density at radius 1 is 1.35 bits per heavy atom. The number of rotatable bonds is 7. The Kier molecular flexibility index (Phi) is 7.65. The van der Waals surface area contributed by atoms with Crippen LogP contribution in [-0.4, -0.2) is 45.1 Å². The van der Waals surface area contributed by atoms with Crippen LogP contribution in [0.15, 0.2) is 53.4 Å². The van der Waals surface area contributed by atoms with E-state index in [1.54, 1.807) is 13.0 Å². The number of ether oxygens (including phenoxy) is 1. The molecule has 1 aromatic heterocycles. The molecule has 0 aromatic carbocycles. The number of nitrogens with zero attached hydrogens (tertiary/aromatic N) is 1. The first-order valence-corrected chi connectivity index (χ1v) is 14.7. The van der Waals surface area contributed by atoms with E-state index in [-0.39, 0.29) is 30.6 Å². The van der Waals surface area contributed by atoms with Gasteiger partial charge in [-0.2, -0.15) is 4.39 Å². The Morgan fingerprint density at radius 3 is 2.77 bits per heavy atom. The minimum atomic E-state index is -1.49. The zero-order chi connectivity index (χ0) is 28.9. The lowest BCUT2D eigenvalue weighted by Crippen LogP contribution is -2.76. The highest BCUT2D eigenvalue weighted by Crippen LogP contribution is 2.67. The van der Waals surface area contributed by atoms with E-state index in [0.29, 0.717) is 31.0 Å². The molecule has 5 rings (SSSR count). The van der Waals surface area contributed by atoms with Crippen molar-refractivity contribution >= 4 is 34.7 Å². The number of carbonyl (C=O) groups excluding carboxylic acids is 2. The first kappa shape index (κ1) is 28.8. The van der Waals surface area contributed by atoms with Crippen LogP contribution in [-0.2, 0) is 14.3 Å². The normalized spacial score (nSPS) is 36.3. The molecule has 2 saturated carbocycles. The number of hydrogen-bond acceptors (Lipinski definition) is 7. The number of aromatic nitrogens is 1. The van der Waals surface area contributed by atoms with Crippen LogP contribution in [0.1, 0.15) is 52.9 Å². The highest BCUT2D eigenvalue weighted by molar-refractivity contribution is 8.13. The summed E-state index contributed by atoms with van der Waals surface area (Å²) >= 11 is 0.536. The summed E-state index contributed by atoms with van der Waals surface area (Å²) in [7, 11) is 0. The molecule has 0 amide bonds. The molecule has 214 valence electrons. The van der Waals surface area contributed by atoms with Crippen LogP contribution in [0.5, 0.6) is 0 Å². The van der Waals surface area contributed by atoms with Gasteiger partial charge in [-0.05, 0) is 60.9 Å². The Morgan fingerprint density at radius 2 is 2.12 bits per heavy atom. The van der Waals surface area contributed by atoms with Crippen molar-refractivity contribution in [3.8, 4) is 0 Å². The molecule has 7 nitrogen and oxygen atoms in total. The highest BCUT2D eigenvalue weighted by Gasteiger charge is 2.70. The number of halogens is 2. The van der Waals surface area contributed by atoms with E-state index in [1.807, 2.05) is 18.3 Å². The first-order valence-electron chi connectivity index (χ1n) is 13.8. The Labute approximate surface area is 237 Å². The maximum Gasteiger partial charge on any atom is 0.306 e. The number of esters is 1. The van der Waals surface area contributed by atoms with Gasteiger partial charge in [-0.15, -0.1) is 0 Å². The maximum absolute atomic E-state index is 13.4. The number of aliphatic hydroxyl groups excluding tert-OH is 1. The van der Waals surface area contributed by atoms with Crippen molar-refractivity contribution in [1.29, 1.82) is 5.41 Å². The Balaban J connectivity index is 1.52. The van der Waals surface area contributed by atoms with E-state index in [1.165, 1.54) is 18.5 Å². The zero-order valence-corrected chi connectivity index (χ0v) is 23.8. The van der Waals surface area contributed by atoms with Crippen LogP contribution >= 0.6 is 11.8 Å². The molecule has 0 saturated heterocycles. The van der Waals surface area contributed by atoms with Gasteiger partial charge in [0.1, 0.15) is 11.7 Å². The van der Waals surface area contributed by atoms with E-state index in [9.17, 15) is 23.5 Å². The fourth-order valence-electron chi connectivity index (χ4n) is 8.05. The number of aliphatic hydroxyl groups is 1. The minimum absolute atomic E-state index is 0.0602. The molecule has 1 heterocycles. The number of nitrogens with one attached hydrogen (secondary N) is 1. The van der Waals surface area contributed by atoms with Crippen molar-refractivity contribution in [2.75, 3.05) is 6.01 Å². The Bertz CT molecular complexity index is 1310. The second-order valence-electron chi connectivity index (χ2n) is 11.9. The van der Waals surface area contributed by atoms with E-state index in [2.05, 4.69) is 24.1 Å². The van der Waals surface area contributed by atoms with Gasteiger partial charge >= 0.3 is 5.97 Å². The Hall–Kier alpha value is -2.69. The molecule has 0 spiro atoms. The summed E-state index contributed by atoms with van der Waals surface area (Å²) in [5.74, 6) is -1.41. The van der Waals surface area contributed by atoms with Gasteiger partial charge in [0.25, 0.3) is 0 Å². The summed E-state index contributed by atoms with van der Waals surface area (Å²) in [5, 5.41) is 21.4. The van der Waals surface area contributed by atoms with Crippen molar-refractivity contribution in [3.63, 3.8) is 0 Å². The molecule has 40 heavy (non-hydrogen) atoms. The fourth-order valence-corrected chi connectivity index (χ4v) is 8.76. The van der Waals surface area contributed by atoms with E-state index < -0.39 is 45.6 Å². The average molecular weight is 573 g/mol. The van der Waals surface area contributed by atoms with E-state index >= 15 is 0 Å². The molecular weight excluding hydrogens is 536 g/mol. The van der Waals surface area contributed by atoms with Gasteiger partial charge in [-0.25, -0.2) is 9.37 Å². The lowest BCUT2D eigenvalue weighted by atomic mass is 9.47. The van der Waals surface area contributed by atoms with Crippen LogP contribution in [0.2, 0.25) is 0 Å². The molecule has 4 aliphatic rings. The number of fused-ring (bicyclic) bond motifs is 5. The molecule has 4 N–H and O–H groups in total. The van der Waals surface area contributed by atoms with Crippen LogP contribution in [0, 0.1) is 39.9 Å². The fraction of sp³-hybridized carbons (Fsp3) is 0.533. The predicted octanol–water partition coefficient (Wildman–Crippen LogP) is 4.52. The topological polar surface area (TPSA) is 117 Å². The van der Waals surface area contributed by atoms with Crippen LogP contribution in [0.4, 0.5) is 14.5 Å². The maximum atomic E-state index is 13.4. The van der Waals surface area contributed by atoms with Gasteiger partial charge in [0.2, 0.25) is 11.1 Å². The minimum Gasteiger partial charge on any atom is -0.449 e. The summed E-state index contributed by atoms with van der Waals surface area (Å²) < 4.78 is 32.6. The molecular formula is C30H36F2N3O4S+. The molecule has 7 atom stereocenters. The van der Waals surface area contributed by atoms with E-state index in [0.717, 1.165) is 22.5 Å². The highest BCUT2D eigenvalue weighted by atomic mass is 32.2. The number of quaternary nitrogens is 1. The van der Waals surface area contributed by atoms with Crippen molar-refractivity contribution in [1.82, 2.24) is 4.98 Å². The quantitative estimate of drug-likeness (QED) is 0.251. The smallest absolute Gasteiger partial charge is 0.306 e. The summed E-state index contributed by atoms with van der Waals surface area (Å²) in [4.78, 5) is 29.7. The number of alkyl halides is 1. The van der Waals surface area contributed by atoms with Gasteiger partial charge in [0, 0.05) is 47.1 Å². The number of nitrogens with two attached hydrogens (primary N) is 1. The summed E-state index contributed by atoms with van der Waals surface area (Å²) in [6, 6.07) is 2.03. The number of thioether (sulfide) groups is 1. The van der Waals surface area contributed by atoms with Crippen molar-refractivity contribution < 1.29 is 33.5 Å². The summed E-state index contributed by atoms with van der Waals surface area (Å²) in [5.41, 5.74) is 0.580. The third kappa shape index (κ3) is 4.39. The monoisotopic (exact) mass is 572 g/mol. The van der Waals surface area contributed by atoms with Crippen LogP contribution in [0.3, 0.4) is 0 Å². The van der Waals surface area contributed by atoms with Crippen molar-refractivity contribution in [3.05, 3.63) is 59.3 Å². The standard InChI is InChI=1S/C30H35F2N3O4S/c1-4-25(37)39-30(27(38)40-16-31)10-9-21-20-7-5-18-11-22(35-19-6-8-24(32)34-15-19)17(14-33)12-28(18,2)26(20)23(36)13-29(21,30)3/h5-8,11,14-15,20-21,23,26,33,35-36H,4,9-10,12-13,16H2,1-3H3/p+1/t20-,21?,23-,26?,28-,29-,30-/m0/s1. The first-order chi connectivity index (χ1) is 19.0. The molecule has 0 aliphatic heterocycles. The lowest BCUT2D eigenvalue weighted by Gasteiger charge is -2.58. The summed E-state index contributed by atoms with van der Waals surface area (Å²) in [6.07, 6.45) is 9.98. The molecule has 1 aromatic rings. The predicted molar refractivity (Wildman–Crippen MR) is 148 cm³/mol. The number of hydrogen-bond donors (Lipinski definition) is 3. The third-order valence-electron chi connectivity index (χ3n) is 9.95. The molecule has 2 unspecified atom stereocenters. The van der Waals surface area contributed by atoms with Gasteiger partial charge in [0.15, 0.2) is 11.3 Å². The molecule has 10 heteroatoms. The van der Waals surface area contributed by atoms with Gasteiger partial charge in [-0.1, -0.05) is 32.9 Å².